The molecule has 0 aliphatic heterocycles. The lowest BCUT2D eigenvalue weighted by atomic mass is 10.1. The van der Waals surface area contributed by atoms with Gasteiger partial charge in [-0.25, -0.2) is 0 Å². The molecule has 0 aliphatic rings. The van der Waals surface area contributed by atoms with Crippen molar-refractivity contribution in [3.8, 4) is 0 Å². The van der Waals surface area contributed by atoms with E-state index in [0.717, 1.165) is 5.56 Å². The molecule has 1 aromatic heterocycles. The molecule has 0 radical (unpaired) electrons. The third-order valence-corrected chi connectivity index (χ3v) is 3.72. The zero-order valence-electron chi connectivity index (χ0n) is 11.0. The molecule has 0 aliphatic carbocycles. The van der Waals surface area contributed by atoms with Gasteiger partial charge >= 0.3 is 0 Å². The number of benzene rings is 1. The Morgan fingerprint density at radius 2 is 2.00 bits per heavy atom. The van der Waals surface area contributed by atoms with Crippen LogP contribution in [0.25, 0.3) is 0 Å². The van der Waals surface area contributed by atoms with E-state index < -0.39 is 12.0 Å². The van der Waals surface area contributed by atoms with Gasteiger partial charge < -0.3 is 15.1 Å². The van der Waals surface area contributed by atoms with Crippen LogP contribution in [0, 0.1) is 0 Å². The highest BCUT2D eigenvalue weighted by atomic mass is 32.1. The van der Waals surface area contributed by atoms with Crippen molar-refractivity contribution in [1.29, 1.82) is 0 Å². The Balaban J connectivity index is 2.10. The van der Waals surface area contributed by atoms with Gasteiger partial charge in [-0.05, 0) is 28.0 Å². The molecule has 0 saturated carbocycles. The summed E-state index contributed by atoms with van der Waals surface area (Å²) in [5.41, 5.74) is 1.56. The van der Waals surface area contributed by atoms with E-state index in [4.69, 9.17) is 5.11 Å². The van der Waals surface area contributed by atoms with Crippen LogP contribution < -0.4 is 0 Å². The second kappa shape index (κ2) is 7.19. The van der Waals surface area contributed by atoms with Crippen LogP contribution in [-0.4, -0.2) is 34.2 Å². The van der Waals surface area contributed by atoms with Crippen molar-refractivity contribution in [2.24, 2.45) is 0 Å². The van der Waals surface area contributed by atoms with Crippen LogP contribution in [0.3, 0.4) is 0 Å². The summed E-state index contributed by atoms with van der Waals surface area (Å²) in [6.07, 6.45) is -1.19. The number of rotatable bonds is 6. The van der Waals surface area contributed by atoms with Crippen LogP contribution in [0.5, 0.6) is 0 Å². The summed E-state index contributed by atoms with van der Waals surface area (Å²) < 4.78 is 0. The first-order valence-electron chi connectivity index (χ1n) is 6.36. The van der Waals surface area contributed by atoms with Crippen molar-refractivity contribution in [1.82, 2.24) is 4.90 Å². The van der Waals surface area contributed by atoms with Crippen LogP contribution in [0.4, 0.5) is 0 Å². The van der Waals surface area contributed by atoms with Gasteiger partial charge in [0.1, 0.15) is 0 Å². The van der Waals surface area contributed by atoms with Gasteiger partial charge in [0, 0.05) is 13.1 Å². The van der Waals surface area contributed by atoms with Crippen molar-refractivity contribution in [3.63, 3.8) is 0 Å². The minimum atomic E-state index is -1.19. The molecular formula is C15H17NO3S. The smallest absolute Gasteiger partial charge is 0.256 e. The third-order valence-electron chi connectivity index (χ3n) is 2.98. The van der Waals surface area contributed by atoms with Crippen LogP contribution >= 0.6 is 11.3 Å². The monoisotopic (exact) mass is 291 g/mol. The fourth-order valence-electron chi connectivity index (χ4n) is 1.94. The number of nitrogens with zero attached hydrogens (tertiary/aromatic N) is 1. The van der Waals surface area contributed by atoms with E-state index >= 15 is 0 Å². The lowest BCUT2D eigenvalue weighted by molar-refractivity contribution is -0.141. The van der Waals surface area contributed by atoms with Crippen LogP contribution in [0.1, 0.15) is 17.2 Å². The molecule has 2 N–H and O–H groups in total. The standard InChI is InChI=1S/C15H17NO3S/c17-8-7-16(10-12-6-9-20-11-12)15(19)14(18)13-4-2-1-3-5-13/h1-6,9,11,14,17-18H,7-8,10H2/t14-/m1/s1. The number of carbonyl (C=O) groups excluding carboxylic acids is 1. The minimum absolute atomic E-state index is 0.128. The Morgan fingerprint density at radius 3 is 2.60 bits per heavy atom. The maximum Gasteiger partial charge on any atom is 0.256 e. The van der Waals surface area contributed by atoms with Crippen molar-refractivity contribution in [2.75, 3.05) is 13.2 Å². The van der Waals surface area contributed by atoms with E-state index in [0.29, 0.717) is 12.1 Å². The predicted octanol–water partition coefficient (Wildman–Crippen LogP) is 1.80. The zero-order valence-corrected chi connectivity index (χ0v) is 11.8. The molecule has 1 heterocycles. The van der Waals surface area contributed by atoms with E-state index in [1.54, 1.807) is 35.6 Å². The summed E-state index contributed by atoms with van der Waals surface area (Å²) in [5.74, 6) is -0.392. The molecule has 0 fully saturated rings. The molecule has 0 saturated heterocycles. The zero-order chi connectivity index (χ0) is 14.4. The quantitative estimate of drug-likeness (QED) is 0.853. The molecule has 2 rings (SSSR count). The Hall–Kier alpha value is -1.69. The molecule has 1 aromatic carbocycles. The molecule has 0 unspecified atom stereocenters. The number of carbonyl (C=O) groups is 1. The molecule has 4 nitrogen and oxygen atoms in total. The minimum Gasteiger partial charge on any atom is -0.395 e. The first-order chi connectivity index (χ1) is 9.72. The molecule has 106 valence electrons. The summed E-state index contributed by atoms with van der Waals surface area (Å²) in [5, 5.41) is 23.1. The first-order valence-corrected chi connectivity index (χ1v) is 7.30. The lowest BCUT2D eigenvalue weighted by Crippen LogP contribution is -2.36. The van der Waals surface area contributed by atoms with Crippen molar-refractivity contribution in [2.45, 2.75) is 12.6 Å². The van der Waals surface area contributed by atoms with E-state index in [2.05, 4.69) is 0 Å². The number of thiophene rings is 1. The number of hydrogen-bond acceptors (Lipinski definition) is 4. The summed E-state index contributed by atoms with van der Waals surface area (Å²) in [7, 11) is 0. The van der Waals surface area contributed by atoms with E-state index in [1.165, 1.54) is 4.90 Å². The van der Waals surface area contributed by atoms with Crippen molar-refractivity contribution in [3.05, 3.63) is 58.3 Å². The van der Waals surface area contributed by atoms with Gasteiger partial charge in [0.15, 0.2) is 6.10 Å². The molecule has 2 aromatic rings. The highest BCUT2D eigenvalue weighted by molar-refractivity contribution is 7.07. The van der Waals surface area contributed by atoms with Crippen molar-refractivity contribution < 1.29 is 15.0 Å². The average molecular weight is 291 g/mol. The topological polar surface area (TPSA) is 60.8 Å². The van der Waals surface area contributed by atoms with Gasteiger partial charge in [-0.1, -0.05) is 30.3 Å². The largest absolute Gasteiger partial charge is 0.395 e. The van der Waals surface area contributed by atoms with E-state index in [9.17, 15) is 9.90 Å². The van der Waals surface area contributed by atoms with Gasteiger partial charge in [-0.2, -0.15) is 11.3 Å². The molecule has 5 heteroatoms. The first kappa shape index (κ1) is 14.7. The number of aliphatic hydroxyl groups excluding tert-OH is 2. The van der Waals surface area contributed by atoms with Gasteiger partial charge in [0.25, 0.3) is 5.91 Å². The van der Waals surface area contributed by atoms with Gasteiger partial charge in [0.05, 0.1) is 6.61 Å². The second-order valence-electron chi connectivity index (χ2n) is 4.43. The van der Waals surface area contributed by atoms with Crippen molar-refractivity contribution >= 4 is 17.2 Å². The number of amides is 1. The second-order valence-corrected chi connectivity index (χ2v) is 5.21. The van der Waals surface area contributed by atoms with Gasteiger partial charge in [-0.3, -0.25) is 4.79 Å². The molecule has 1 atom stereocenters. The van der Waals surface area contributed by atoms with Crippen LogP contribution in [0.15, 0.2) is 47.2 Å². The molecule has 1 amide bonds. The Kier molecular flexibility index (Phi) is 5.29. The molecule has 20 heavy (non-hydrogen) atoms. The lowest BCUT2D eigenvalue weighted by Gasteiger charge is -2.24. The number of aliphatic hydroxyl groups is 2. The summed E-state index contributed by atoms with van der Waals surface area (Å²) in [6.45, 7) is 0.475. The summed E-state index contributed by atoms with van der Waals surface area (Å²) in [6, 6.07) is 10.7. The fraction of sp³-hybridized carbons (Fsp3) is 0.267. The molecule has 0 spiro atoms. The highest BCUT2D eigenvalue weighted by Gasteiger charge is 2.23. The van der Waals surface area contributed by atoms with Gasteiger partial charge in [0.2, 0.25) is 0 Å². The SMILES string of the molecule is O=C([C@H](O)c1ccccc1)N(CCO)Cc1ccsc1. The maximum atomic E-state index is 12.3. The Labute approximate surface area is 121 Å². The summed E-state index contributed by atoms with van der Waals surface area (Å²) in [4.78, 5) is 13.8. The Morgan fingerprint density at radius 1 is 1.25 bits per heavy atom. The maximum absolute atomic E-state index is 12.3. The number of hydrogen-bond donors (Lipinski definition) is 2. The summed E-state index contributed by atoms with van der Waals surface area (Å²) >= 11 is 1.55. The fourth-order valence-corrected chi connectivity index (χ4v) is 2.60. The van der Waals surface area contributed by atoms with Gasteiger partial charge in [-0.15, -0.1) is 0 Å². The van der Waals surface area contributed by atoms with Crippen LogP contribution in [0.2, 0.25) is 0 Å². The normalized spacial score (nSPS) is 12.1. The highest BCUT2D eigenvalue weighted by Crippen LogP contribution is 2.17. The van der Waals surface area contributed by atoms with Crippen LogP contribution in [-0.2, 0) is 11.3 Å². The average Bonchev–Trinajstić information content (AvgIpc) is 2.99. The molecular weight excluding hydrogens is 274 g/mol. The molecule has 0 bridgehead atoms. The predicted molar refractivity (Wildman–Crippen MR) is 78.2 cm³/mol. The third kappa shape index (κ3) is 3.66. The van der Waals surface area contributed by atoms with E-state index in [-0.39, 0.29) is 13.2 Å². The Bertz CT molecular complexity index is 527. The van der Waals surface area contributed by atoms with E-state index in [1.807, 2.05) is 22.9 Å².